The summed E-state index contributed by atoms with van der Waals surface area (Å²) in [5, 5.41) is 9.88. The number of nitrogens with zero attached hydrogens (tertiary/aromatic N) is 3. The number of benzene rings is 1. The van der Waals surface area contributed by atoms with Crippen molar-refractivity contribution in [2.24, 2.45) is 5.92 Å². The number of aromatic nitrogens is 1. The van der Waals surface area contributed by atoms with Crippen molar-refractivity contribution >= 4 is 11.5 Å². The lowest BCUT2D eigenvalue weighted by atomic mass is 9.93. The van der Waals surface area contributed by atoms with Gasteiger partial charge in [-0.15, -0.1) is 0 Å². The molecule has 2 heterocycles. The van der Waals surface area contributed by atoms with Crippen LogP contribution in [0.2, 0.25) is 0 Å². The summed E-state index contributed by atoms with van der Waals surface area (Å²) in [6.07, 6.45) is 8.42. The lowest BCUT2D eigenvalue weighted by Gasteiger charge is -2.37. The Hall–Kier alpha value is -2.70. The maximum atomic E-state index is 13.6. The van der Waals surface area contributed by atoms with Gasteiger partial charge < -0.3 is 14.7 Å². The fourth-order valence-electron chi connectivity index (χ4n) is 4.86. The van der Waals surface area contributed by atoms with Gasteiger partial charge in [-0.2, -0.15) is 0 Å². The molecular formula is C28H37N3O3. The molecule has 1 aliphatic heterocycles. The molecule has 1 amide bonds. The Labute approximate surface area is 203 Å². The van der Waals surface area contributed by atoms with E-state index in [9.17, 15) is 9.90 Å². The molecule has 1 aromatic heterocycles. The molecule has 4 rings (SSSR count). The lowest BCUT2D eigenvalue weighted by molar-refractivity contribution is 0.0325. The van der Waals surface area contributed by atoms with Gasteiger partial charge in [-0.05, 0) is 62.4 Å². The molecule has 0 bridgehead atoms. The average Bonchev–Trinajstić information content (AvgIpc) is 2.86. The minimum atomic E-state index is -0.277. The molecule has 0 saturated heterocycles. The third-order valence-electron chi connectivity index (χ3n) is 6.97. The number of hydrogen-bond acceptors (Lipinski definition) is 5. The van der Waals surface area contributed by atoms with E-state index in [0.29, 0.717) is 24.5 Å². The first kappa shape index (κ1) is 24.4. The van der Waals surface area contributed by atoms with Crippen LogP contribution in [0.5, 0.6) is 5.88 Å². The van der Waals surface area contributed by atoms with Crippen molar-refractivity contribution in [1.29, 1.82) is 0 Å². The molecule has 0 saturated carbocycles. The normalized spacial score (nSPS) is 21.9. The largest absolute Gasteiger partial charge is 0.472 e. The van der Waals surface area contributed by atoms with Crippen LogP contribution in [0.1, 0.15) is 61.0 Å². The van der Waals surface area contributed by atoms with Gasteiger partial charge in [0, 0.05) is 31.7 Å². The van der Waals surface area contributed by atoms with Crippen LogP contribution in [0, 0.1) is 5.92 Å². The van der Waals surface area contributed by atoms with Crippen LogP contribution in [0.3, 0.4) is 0 Å². The number of ether oxygens (including phenoxy) is 1. The Balaban J connectivity index is 1.63. The van der Waals surface area contributed by atoms with E-state index >= 15 is 0 Å². The molecule has 3 atom stereocenters. The molecule has 6 nitrogen and oxygen atoms in total. The van der Waals surface area contributed by atoms with E-state index in [2.05, 4.69) is 54.2 Å². The van der Waals surface area contributed by atoms with Crippen LogP contribution < -0.4 is 4.74 Å². The van der Waals surface area contributed by atoms with Crippen LogP contribution >= 0.6 is 0 Å². The number of likely N-dealkylation sites (N-methyl/N-ethyl adjacent to an activating group) is 1. The van der Waals surface area contributed by atoms with Gasteiger partial charge in [0.1, 0.15) is 11.7 Å². The van der Waals surface area contributed by atoms with Crippen LogP contribution in [-0.2, 0) is 6.54 Å². The first-order chi connectivity index (χ1) is 16.5. The van der Waals surface area contributed by atoms with Crippen molar-refractivity contribution in [3.63, 3.8) is 0 Å². The number of fused-ring (bicyclic) bond motifs is 1. The first-order valence-corrected chi connectivity index (χ1v) is 12.5. The molecule has 1 N–H and O–H groups in total. The van der Waals surface area contributed by atoms with E-state index in [0.717, 1.165) is 31.4 Å². The van der Waals surface area contributed by atoms with Gasteiger partial charge in [0.05, 0.1) is 12.6 Å². The number of hydrogen-bond donors (Lipinski definition) is 1. The summed E-state index contributed by atoms with van der Waals surface area (Å²) in [6, 6.07) is 12.0. The number of allylic oxidation sites excluding steroid dienone is 2. The second-order valence-electron chi connectivity index (χ2n) is 9.86. The van der Waals surface area contributed by atoms with E-state index in [-0.39, 0.29) is 30.6 Å². The second-order valence-corrected chi connectivity index (χ2v) is 9.86. The molecule has 34 heavy (non-hydrogen) atoms. The highest BCUT2D eigenvalue weighted by molar-refractivity contribution is 5.97. The molecule has 1 aromatic carbocycles. The van der Waals surface area contributed by atoms with Crippen molar-refractivity contribution in [2.45, 2.75) is 58.2 Å². The van der Waals surface area contributed by atoms with Gasteiger partial charge in [-0.3, -0.25) is 9.69 Å². The average molecular weight is 464 g/mol. The molecule has 2 aromatic rings. The predicted molar refractivity (Wildman–Crippen MR) is 135 cm³/mol. The van der Waals surface area contributed by atoms with E-state index in [1.807, 2.05) is 25.3 Å². The molecule has 0 radical (unpaired) electrons. The zero-order valence-corrected chi connectivity index (χ0v) is 20.6. The van der Waals surface area contributed by atoms with E-state index in [1.165, 1.54) is 17.6 Å². The number of rotatable bonds is 7. The maximum absolute atomic E-state index is 13.6. The molecule has 0 unspecified atom stereocenters. The number of aliphatic hydroxyl groups excluding tert-OH is 1. The molecule has 0 spiro atoms. The summed E-state index contributed by atoms with van der Waals surface area (Å²) in [7, 11) is 2.09. The zero-order chi connectivity index (χ0) is 24.1. The molecular weight excluding hydrogens is 426 g/mol. The lowest BCUT2D eigenvalue weighted by Crippen LogP contribution is -2.49. The highest BCUT2D eigenvalue weighted by Crippen LogP contribution is 2.32. The van der Waals surface area contributed by atoms with Gasteiger partial charge >= 0.3 is 0 Å². The van der Waals surface area contributed by atoms with Gasteiger partial charge in [0.15, 0.2) is 0 Å². The van der Waals surface area contributed by atoms with Gasteiger partial charge in [0.2, 0.25) is 5.88 Å². The standard InChI is InChI=1S/C28H37N3O3/c1-20-16-31(21(2)19-32)28(33)25-14-24(23-12-8-5-9-13-23)15-29-27(25)34-26(20)18-30(3)17-22-10-6-4-7-11-22/h4,6-7,10-12,14-15,20-21,26,32H,5,8-9,13,16-19H2,1-3H3/t20-,21+,26-/m1/s1. The summed E-state index contributed by atoms with van der Waals surface area (Å²) >= 11 is 0. The number of pyridine rings is 1. The monoisotopic (exact) mass is 463 g/mol. The van der Waals surface area contributed by atoms with Crippen LogP contribution in [0.4, 0.5) is 0 Å². The summed E-state index contributed by atoms with van der Waals surface area (Å²) < 4.78 is 6.45. The second kappa shape index (κ2) is 11.2. The Kier molecular flexibility index (Phi) is 8.01. The van der Waals surface area contributed by atoms with Crippen molar-refractivity contribution in [3.8, 4) is 5.88 Å². The zero-order valence-electron chi connectivity index (χ0n) is 20.6. The van der Waals surface area contributed by atoms with Gasteiger partial charge in [0.25, 0.3) is 5.91 Å². The molecule has 6 heteroatoms. The Morgan fingerprint density at radius 1 is 1.26 bits per heavy atom. The van der Waals surface area contributed by atoms with Gasteiger partial charge in [-0.1, -0.05) is 43.3 Å². The molecule has 1 aliphatic carbocycles. The third-order valence-corrected chi connectivity index (χ3v) is 6.97. The summed E-state index contributed by atoms with van der Waals surface area (Å²) in [5.41, 5.74) is 3.99. The van der Waals surface area contributed by atoms with E-state index in [1.54, 1.807) is 4.90 Å². The van der Waals surface area contributed by atoms with Crippen molar-refractivity contribution < 1.29 is 14.6 Å². The quantitative estimate of drug-likeness (QED) is 0.660. The maximum Gasteiger partial charge on any atom is 0.259 e. The highest BCUT2D eigenvalue weighted by atomic mass is 16.5. The van der Waals surface area contributed by atoms with Crippen LogP contribution in [0.25, 0.3) is 5.57 Å². The van der Waals surface area contributed by atoms with Crippen LogP contribution in [-0.4, -0.2) is 64.7 Å². The van der Waals surface area contributed by atoms with E-state index in [4.69, 9.17) is 4.74 Å². The number of amides is 1. The Morgan fingerprint density at radius 3 is 2.76 bits per heavy atom. The molecule has 2 aliphatic rings. The Morgan fingerprint density at radius 2 is 2.06 bits per heavy atom. The number of aliphatic hydroxyl groups is 1. The van der Waals surface area contributed by atoms with Crippen LogP contribution in [0.15, 0.2) is 48.7 Å². The fourth-order valence-corrected chi connectivity index (χ4v) is 4.86. The number of carbonyl (C=O) groups is 1. The Bertz CT molecular complexity index is 1010. The third kappa shape index (κ3) is 5.68. The van der Waals surface area contributed by atoms with Crippen molar-refractivity contribution in [1.82, 2.24) is 14.8 Å². The first-order valence-electron chi connectivity index (χ1n) is 12.5. The SMILES string of the molecule is C[C@@H]1CN([C@@H](C)CO)C(=O)c2cc(C3=CCCCC3)cnc2O[C@@H]1CN(C)Cc1ccccc1. The fraction of sp³-hybridized carbons (Fsp3) is 0.500. The van der Waals surface area contributed by atoms with E-state index < -0.39 is 0 Å². The molecule has 0 fully saturated rings. The minimum absolute atomic E-state index is 0.0758. The van der Waals surface area contributed by atoms with Crippen molar-refractivity contribution in [3.05, 3.63) is 65.4 Å². The predicted octanol–water partition coefficient (Wildman–Crippen LogP) is 4.39. The smallest absolute Gasteiger partial charge is 0.259 e. The summed E-state index contributed by atoms with van der Waals surface area (Å²) in [6.45, 7) is 5.97. The van der Waals surface area contributed by atoms with Gasteiger partial charge in [-0.25, -0.2) is 4.98 Å². The number of carbonyl (C=O) groups excluding carboxylic acids is 1. The topological polar surface area (TPSA) is 65.9 Å². The summed E-state index contributed by atoms with van der Waals surface area (Å²) in [5.74, 6) is 0.349. The molecule has 182 valence electrons. The van der Waals surface area contributed by atoms with Crippen molar-refractivity contribution in [2.75, 3.05) is 26.7 Å². The highest BCUT2D eigenvalue weighted by Gasteiger charge is 2.34. The summed E-state index contributed by atoms with van der Waals surface area (Å²) in [4.78, 5) is 22.3. The minimum Gasteiger partial charge on any atom is -0.472 e.